The van der Waals surface area contributed by atoms with E-state index >= 15 is 0 Å². The van der Waals surface area contributed by atoms with Crippen molar-refractivity contribution in [2.24, 2.45) is 17.8 Å². The quantitative estimate of drug-likeness (QED) is 0.390. The molecule has 4 heteroatoms. The van der Waals surface area contributed by atoms with Crippen LogP contribution < -0.4 is 0 Å². The van der Waals surface area contributed by atoms with Crippen molar-refractivity contribution in [3.63, 3.8) is 0 Å². The van der Waals surface area contributed by atoms with E-state index < -0.39 is 17.9 Å². The minimum Gasteiger partial charge on any atom is -0.461 e. The molecule has 0 saturated heterocycles. The van der Waals surface area contributed by atoms with E-state index in [1.807, 2.05) is 34.6 Å². The Morgan fingerprint density at radius 3 is 1.60 bits per heavy atom. The van der Waals surface area contributed by atoms with Gasteiger partial charge in [-0.2, -0.15) is 0 Å². The van der Waals surface area contributed by atoms with E-state index in [0.717, 1.165) is 0 Å². The molecule has 4 nitrogen and oxygen atoms in total. The summed E-state index contributed by atoms with van der Waals surface area (Å²) in [5.41, 5.74) is 0. The zero-order valence-corrected chi connectivity index (χ0v) is 13.1. The summed E-state index contributed by atoms with van der Waals surface area (Å²) in [6.45, 7) is 9.84. The molecule has 1 atom stereocenters. The predicted octanol–water partition coefficient (Wildman–Crippen LogP) is 3.13. The fourth-order valence-electron chi connectivity index (χ4n) is 1.54. The molecule has 0 spiro atoms. The molecule has 0 rings (SSSR count). The number of rotatable bonds is 8. The Morgan fingerprint density at radius 2 is 1.30 bits per heavy atom. The van der Waals surface area contributed by atoms with Crippen LogP contribution in [0.25, 0.3) is 0 Å². The largest absolute Gasteiger partial charge is 0.461 e. The van der Waals surface area contributed by atoms with Gasteiger partial charge in [0.05, 0.1) is 0 Å². The van der Waals surface area contributed by atoms with Gasteiger partial charge in [0, 0.05) is 0 Å². The summed E-state index contributed by atoms with van der Waals surface area (Å²) in [7, 11) is 0. The van der Waals surface area contributed by atoms with Crippen molar-refractivity contribution in [1.29, 1.82) is 0 Å². The number of esters is 2. The van der Waals surface area contributed by atoms with Gasteiger partial charge in [0.25, 0.3) is 0 Å². The first-order valence-electron chi connectivity index (χ1n) is 7.01. The van der Waals surface area contributed by atoms with Gasteiger partial charge in [0.1, 0.15) is 13.2 Å². The summed E-state index contributed by atoms with van der Waals surface area (Å²) < 4.78 is 10.2. The van der Waals surface area contributed by atoms with Crippen molar-refractivity contribution < 1.29 is 19.1 Å². The van der Waals surface area contributed by atoms with Crippen LogP contribution in [0.5, 0.6) is 0 Å². The smallest absolute Gasteiger partial charge is 0.320 e. The van der Waals surface area contributed by atoms with E-state index in [-0.39, 0.29) is 25.0 Å². The number of carbonyl (C=O) groups is 2. The Hall–Kier alpha value is -1.58. The SMILES string of the molecule is C/C=C/COC(=O)C(C(=O)OC/C=C/C)C(C)C(C)C. The van der Waals surface area contributed by atoms with Crippen molar-refractivity contribution in [3.05, 3.63) is 24.3 Å². The molecule has 0 aromatic carbocycles. The normalized spacial score (nSPS) is 13.3. The van der Waals surface area contributed by atoms with Gasteiger partial charge in [0.2, 0.25) is 0 Å². The van der Waals surface area contributed by atoms with Crippen LogP contribution in [0, 0.1) is 17.8 Å². The maximum Gasteiger partial charge on any atom is 0.320 e. The molecule has 0 saturated carbocycles. The third-order valence-corrected chi connectivity index (χ3v) is 3.20. The minimum atomic E-state index is -0.870. The van der Waals surface area contributed by atoms with Crippen LogP contribution in [0.1, 0.15) is 34.6 Å². The lowest BCUT2D eigenvalue weighted by Crippen LogP contribution is -2.35. The minimum absolute atomic E-state index is 0.133. The molecule has 0 radical (unpaired) electrons. The molecule has 0 heterocycles. The molecule has 0 N–H and O–H groups in total. The van der Waals surface area contributed by atoms with Crippen LogP contribution in [0.4, 0.5) is 0 Å². The highest BCUT2D eigenvalue weighted by atomic mass is 16.6. The molecule has 0 fully saturated rings. The van der Waals surface area contributed by atoms with E-state index in [2.05, 4.69) is 0 Å². The topological polar surface area (TPSA) is 52.6 Å². The number of carbonyl (C=O) groups excluding carboxylic acids is 2. The van der Waals surface area contributed by atoms with Gasteiger partial charge in [0.15, 0.2) is 5.92 Å². The Balaban J connectivity index is 4.79. The number of ether oxygens (including phenoxy) is 2. The fourth-order valence-corrected chi connectivity index (χ4v) is 1.54. The van der Waals surface area contributed by atoms with Crippen molar-refractivity contribution in [1.82, 2.24) is 0 Å². The van der Waals surface area contributed by atoms with Gasteiger partial charge in [-0.3, -0.25) is 9.59 Å². The summed E-state index contributed by atoms with van der Waals surface area (Å²) in [4.78, 5) is 24.1. The third-order valence-electron chi connectivity index (χ3n) is 3.20. The highest BCUT2D eigenvalue weighted by Crippen LogP contribution is 2.23. The van der Waals surface area contributed by atoms with Crippen LogP contribution in [0.3, 0.4) is 0 Å². The summed E-state index contributed by atoms with van der Waals surface area (Å²) in [5, 5.41) is 0. The van der Waals surface area contributed by atoms with E-state index in [9.17, 15) is 9.59 Å². The molecule has 0 bridgehead atoms. The summed E-state index contributed by atoms with van der Waals surface area (Å²) in [5.74, 6) is -1.86. The lowest BCUT2D eigenvalue weighted by Gasteiger charge is -2.23. The van der Waals surface area contributed by atoms with E-state index in [4.69, 9.17) is 9.47 Å². The monoisotopic (exact) mass is 282 g/mol. The zero-order valence-electron chi connectivity index (χ0n) is 13.1. The maximum atomic E-state index is 12.1. The molecule has 114 valence electrons. The first kappa shape index (κ1) is 18.4. The lowest BCUT2D eigenvalue weighted by molar-refractivity contribution is -0.164. The van der Waals surface area contributed by atoms with Gasteiger partial charge < -0.3 is 9.47 Å². The number of hydrogen-bond donors (Lipinski definition) is 0. The van der Waals surface area contributed by atoms with E-state index in [1.165, 1.54) is 0 Å². The van der Waals surface area contributed by atoms with Crippen LogP contribution in [-0.2, 0) is 19.1 Å². The highest BCUT2D eigenvalue weighted by molar-refractivity contribution is 5.95. The number of allylic oxidation sites excluding steroid dienone is 2. The Morgan fingerprint density at radius 1 is 0.900 bits per heavy atom. The molecule has 0 aliphatic heterocycles. The molecular weight excluding hydrogens is 256 g/mol. The zero-order chi connectivity index (χ0) is 15.5. The second-order valence-electron chi connectivity index (χ2n) is 4.98. The Kier molecular flexibility index (Phi) is 9.43. The molecule has 0 aliphatic rings. The molecule has 1 unspecified atom stereocenters. The standard InChI is InChI=1S/C16H26O4/c1-6-8-10-19-15(17)14(13(5)12(3)4)16(18)20-11-9-7-2/h6-9,12-14H,10-11H2,1-5H3/b8-6+,9-7+. The molecule has 0 amide bonds. The van der Waals surface area contributed by atoms with E-state index in [0.29, 0.717) is 0 Å². The van der Waals surface area contributed by atoms with Crippen molar-refractivity contribution >= 4 is 11.9 Å². The van der Waals surface area contributed by atoms with Crippen molar-refractivity contribution in [3.8, 4) is 0 Å². The highest BCUT2D eigenvalue weighted by Gasteiger charge is 2.36. The van der Waals surface area contributed by atoms with Crippen molar-refractivity contribution in [2.75, 3.05) is 13.2 Å². The van der Waals surface area contributed by atoms with E-state index in [1.54, 1.807) is 24.3 Å². The van der Waals surface area contributed by atoms with Crippen LogP contribution in [0.15, 0.2) is 24.3 Å². The second-order valence-corrected chi connectivity index (χ2v) is 4.98. The molecule has 0 aromatic heterocycles. The van der Waals surface area contributed by atoms with Gasteiger partial charge in [-0.25, -0.2) is 0 Å². The Labute approximate surface area is 121 Å². The molecule has 0 aromatic rings. The summed E-state index contributed by atoms with van der Waals surface area (Å²) in [6, 6.07) is 0. The van der Waals surface area contributed by atoms with Crippen LogP contribution in [-0.4, -0.2) is 25.2 Å². The fraction of sp³-hybridized carbons (Fsp3) is 0.625. The second kappa shape index (κ2) is 10.2. The summed E-state index contributed by atoms with van der Waals surface area (Å²) in [6.07, 6.45) is 7.03. The first-order chi connectivity index (χ1) is 9.45. The maximum absolute atomic E-state index is 12.1. The van der Waals surface area contributed by atoms with Crippen LogP contribution in [0.2, 0.25) is 0 Å². The number of hydrogen-bond acceptors (Lipinski definition) is 4. The van der Waals surface area contributed by atoms with Crippen LogP contribution >= 0.6 is 0 Å². The van der Waals surface area contributed by atoms with Gasteiger partial charge in [-0.15, -0.1) is 0 Å². The van der Waals surface area contributed by atoms with Gasteiger partial charge in [-0.1, -0.05) is 45.1 Å². The van der Waals surface area contributed by atoms with Crippen molar-refractivity contribution in [2.45, 2.75) is 34.6 Å². The predicted molar refractivity (Wildman–Crippen MR) is 79.0 cm³/mol. The average Bonchev–Trinajstić information content (AvgIpc) is 2.39. The summed E-state index contributed by atoms with van der Waals surface area (Å²) >= 11 is 0. The third kappa shape index (κ3) is 6.55. The molecular formula is C16H26O4. The average molecular weight is 282 g/mol. The van der Waals surface area contributed by atoms with Gasteiger partial charge >= 0.3 is 11.9 Å². The lowest BCUT2D eigenvalue weighted by atomic mass is 9.85. The van der Waals surface area contributed by atoms with Gasteiger partial charge in [-0.05, 0) is 25.7 Å². The first-order valence-corrected chi connectivity index (χ1v) is 7.01. The molecule has 20 heavy (non-hydrogen) atoms. The molecule has 0 aliphatic carbocycles. The Bertz CT molecular complexity index is 327.